The standard InChI is InChI=1S/C14H15N3OS/c1-8-2-3-11-9(4-8)5-12(19-11)14-16-13(17-18-14)10-6-15-7-10/h2-4,10,12,15H,5-7H2,1H3. The van der Waals surface area contributed by atoms with Crippen molar-refractivity contribution in [3.05, 3.63) is 41.0 Å². The zero-order chi connectivity index (χ0) is 12.8. The fourth-order valence-corrected chi connectivity index (χ4v) is 3.74. The Morgan fingerprint density at radius 1 is 1.37 bits per heavy atom. The zero-order valence-electron chi connectivity index (χ0n) is 10.7. The van der Waals surface area contributed by atoms with Crippen LogP contribution in [0.1, 0.15) is 34.0 Å². The highest BCUT2D eigenvalue weighted by Crippen LogP contribution is 2.46. The van der Waals surface area contributed by atoms with Crippen molar-refractivity contribution in [2.24, 2.45) is 0 Å². The lowest BCUT2D eigenvalue weighted by atomic mass is 10.0. The molecule has 4 rings (SSSR count). The van der Waals surface area contributed by atoms with Crippen LogP contribution in [0.25, 0.3) is 0 Å². The number of hydrogen-bond acceptors (Lipinski definition) is 5. The Hall–Kier alpha value is -1.33. The largest absolute Gasteiger partial charge is 0.338 e. The lowest BCUT2D eigenvalue weighted by Crippen LogP contribution is -2.40. The average Bonchev–Trinajstić information content (AvgIpc) is 2.92. The summed E-state index contributed by atoms with van der Waals surface area (Å²) in [5.74, 6) is 2.08. The van der Waals surface area contributed by atoms with E-state index in [1.165, 1.54) is 16.0 Å². The molecule has 1 saturated heterocycles. The molecule has 0 bridgehead atoms. The third-order valence-corrected chi connectivity index (χ3v) is 5.08. The normalized spacial score (nSPS) is 22.3. The van der Waals surface area contributed by atoms with Crippen molar-refractivity contribution >= 4 is 11.8 Å². The molecule has 0 saturated carbocycles. The average molecular weight is 273 g/mol. The van der Waals surface area contributed by atoms with Gasteiger partial charge in [0.2, 0.25) is 5.89 Å². The van der Waals surface area contributed by atoms with Crippen LogP contribution in [-0.4, -0.2) is 23.2 Å². The van der Waals surface area contributed by atoms with E-state index >= 15 is 0 Å². The van der Waals surface area contributed by atoms with Crippen molar-refractivity contribution in [2.45, 2.75) is 29.4 Å². The fraction of sp³-hybridized carbons (Fsp3) is 0.429. The molecule has 1 atom stereocenters. The Bertz CT molecular complexity index is 621. The van der Waals surface area contributed by atoms with Gasteiger partial charge in [-0.05, 0) is 25.0 Å². The van der Waals surface area contributed by atoms with E-state index in [1.54, 1.807) is 0 Å². The van der Waals surface area contributed by atoms with Gasteiger partial charge in [0.1, 0.15) is 0 Å². The quantitative estimate of drug-likeness (QED) is 0.911. The molecule has 0 amide bonds. The molecule has 0 radical (unpaired) electrons. The smallest absolute Gasteiger partial charge is 0.240 e. The Morgan fingerprint density at radius 3 is 3.05 bits per heavy atom. The van der Waals surface area contributed by atoms with Crippen LogP contribution in [0.4, 0.5) is 0 Å². The summed E-state index contributed by atoms with van der Waals surface area (Å²) in [5.41, 5.74) is 2.71. The predicted octanol–water partition coefficient (Wildman–Crippen LogP) is 2.45. The molecule has 19 heavy (non-hydrogen) atoms. The number of benzene rings is 1. The minimum Gasteiger partial charge on any atom is -0.338 e. The molecule has 5 heteroatoms. The van der Waals surface area contributed by atoms with Gasteiger partial charge >= 0.3 is 0 Å². The maximum Gasteiger partial charge on any atom is 0.240 e. The maximum atomic E-state index is 5.46. The number of nitrogens with one attached hydrogen (secondary N) is 1. The van der Waals surface area contributed by atoms with Crippen LogP contribution in [0, 0.1) is 6.92 Å². The van der Waals surface area contributed by atoms with E-state index in [0.717, 1.165) is 31.2 Å². The molecule has 1 unspecified atom stereocenters. The number of fused-ring (bicyclic) bond motifs is 1. The molecule has 0 aliphatic carbocycles. The van der Waals surface area contributed by atoms with Crippen molar-refractivity contribution < 1.29 is 4.52 Å². The molecule has 3 heterocycles. The first-order valence-electron chi connectivity index (χ1n) is 6.60. The van der Waals surface area contributed by atoms with Gasteiger partial charge in [0, 0.05) is 23.9 Å². The highest BCUT2D eigenvalue weighted by Gasteiger charge is 2.30. The van der Waals surface area contributed by atoms with Crippen LogP contribution < -0.4 is 5.32 Å². The zero-order valence-corrected chi connectivity index (χ0v) is 11.5. The molecule has 2 aromatic rings. The van der Waals surface area contributed by atoms with Crippen molar-refractivity contribution in [2.75, 3.05) is 13.1 Å². The van der Waals surface area contributed by atoms with Crippen LogP contribution in [0.2, 0.25) is 0 Å². The highest BCUT2D eigenvalue weighted by molar-refractivity contribution is 7.99. The van der Waals surface area contributed by atoms with Gasteiger partial charge < -0.3 is 9.84 Å². The van der Waals surface area contributed by atoms with E-state index < -0.39 is 0 Å². The topological polar surface area (TPSA) is 51.0 Å². The van der Waals surface area contributed by atoms with Crippen LogP contribution in [0.3, 0.4) is 0 Å². The van der Waals surface area contributed by atoms with Crippen LogP contribution >= 0.6 is 11.8 Å². The third kappa shape index (κ3) is 1.97. The van der Waals surface area contributed by atoms with E-state index in [1.807, 2.05) is 11.8 Å². The van der Waals surface area contributed by atoms with Crippen molar-refractivity contribution in [1.82, 2.24) is 15.5 Å². The Labute approximate surface area is 116 Å². The number of nitrogens with zero attached hydrogens (tertiary/aromatic N) is 2. The summed E-state index contributed by atoms with van der Waals surface area (Å²) in [7, 11) is 0. The van der Waals surface area contributed by atoms with Gasteiger partial charge in [-0.1, -0.05) is 22.9 Å². The van der Waals surface area contributed by atoms with E-state index in [4.69, 9.17) is 4.52 Å². The minimum absolute atomic E-state index is 0.283. The van der Waals surface area contributed by atoms with Crippen LogP contribution in [0.5, 0.6) is 0 Å². The molecule has 2 aliphatic rings. The summed E-state index contributed by atoms with van der Waals surface area (Å²) in [6, 6.07) is 6.62. The monoisotopic (exact) mass is 273 g/mol. The number of aromatic nitrogens is 2. The molecular weight excluding hydrogens is 258 g/mol. The van der Waals surface area contributed by atoms with Crippen LogP contribution in [-0.2, 0) is 6.42 Å². The van der Waals surface area contributed by atoms with Gasteiger partial charge in [-0.3, -0.25) is 0 Å². The molecule has 2 aliphatic heterocycles. The van der Waals surface area contributed by atoms with Gasteiger partial charge in [0.25, 0.3) is 0 Å². The number of aryl methyl sites for hydroxylation is 1. The number of rotatable bonds is 2. The van der Waals surface area contributed by atoms with E-state index in [2.05, 4.69) is 40.6 Å². The van der Waals surface area contributed by atoms with Crippen molar-refractivity contribution in [1.29, 1.82) is 0 Å². The fourth-order valence-electron chi connectivity index (χ4n) is 2.53. The van der Waals surface area contributed by atoms with Gasteiger partial charge in [-0.15, -0.1) is 11.8 Å². The summed E-state index contributed by atoms with van der Waals surface area (Å²) in [6.07, 6.45) is 0.992. The molecule has 1 aromatic carbocycles. The summed E-state index contributed by atoms with van der Waals surface area (Å²) < 4.78 is 5.46. The first kappa shape index (κ1) is 11.5. The molecule has 98 valence electrons. The number of hydrogen-bond donors (Lipinski definition) is 1. The second-order valence-corrected chi connectivity index (χ2v) is 6.51. The first-order chi connectivity index (χ1) is 9.29. The molecular formula is C14H15N3OS. The second-order valence-electron chi connectivity index (χ2n) is 5.27. The molecule has 0 spiro atoms. The summed E-state index contributed by atoms with van der Waals surface area (Å²) >= 11 is 1.84. The van der Waals surface area contributed by atoms with Gasteiger partial charge in [-0.25, -0.2) is 0 Å². The van der Waals surface area contributed by atoms with E-state index in [-0.39, 0.29) is 5.25 Å². The lowest BCUT2D eigenvalue weighted by molar-refractivity contribution is 0.355. The lowest BCUT2D eigenvalue weighted by Gasteiger charge is -2.23. The first-order valence-corrected chi connectivity index (χ1v) is 7.48. The SMILES string of the molecule is Cc1ccc2c(c1)CC(c1nc(C3CNC3)no1)S2. The third-order valence-electron chi connectivity index (χ3n) is 3.77. The number of thioether (sulfide) groups is 1. The molecule has 1 aromatic heterocycles. The van der Waals surface area contributed by atoms with Crippen LogP contribution in [0.15, 0.2) is 27.6 Å². The summed E-state index contributed by atoms with van der Waals surface area (Å²) in [6.45, 7) is 4.07. The molecule has 1 fully saturated rings. The summed E-state index contributed by atoms with van der Waals surface area (Å²) in [4.78, 5) is 5.93. The second kappa shape index (κ2) is 4.35. The molecule has 4 nitrogen and oxygen atoms in total. The van der Waals surface area contributed by atoms with E-state index in [9.17, 15) is 0 Å². The maximum absolute atomic E-state index is 5.46. The Kier molecular flexibility index (Phi) is 2.63. The Morgan fingerprint density at radius 2 is 2.26 bits per heavy atom. The predicted molar refractivity (Wildman–Crippen MR) is 73.4 cm³/mol. The van der Waals surface area contributed by atoms with E-state index in [0.29, 0.717) is 5.92 Å². The minimum atomic E-state index is 0.283. The van der Waals surface area contributed by atoms with Crippen molar-refractivity contribution in [3.8, 4) is 0 Å². The highest BCUT2D eigenvalue weighted by atomic mass is 32.2. The van der Waals surface area contributed by atoms with Gasteiger partial charge in [0.15, 0.2) is 5.82 Å². The molecule has 1 N–H and O–H groups in total. The summed E-state index contributed by atoms with van der Waals surface area (Å²) in [5, 5.41) is 7.64. The van der Waals surface area contributed by atoms with Gasteiger partial charge in [0.05, 0.1) is 5.25 Å². The van der Waals surface area contributed by atoms with Crippen molar-refractivity contribution in [3.63, 3.8) is 0 Å². The Balaban J connectivity index is 1.56. The van der Waals surface area contributed by atoms with Gasteiger partial charge in [-0.2, -0.15) is 4.98 Å².